The minimum Gasteiger partial charge on any atom is -0.381 e. The molecule has 23 heavy (non-hydrogen) atoms. The Bertz CT molecular complexity index is 477. The Morgan fingerprint density at radius 2 is 1.74 bits per heavy atom. The Kier molecular flexibility index (Phi) is 5.92. The number of hydrogen-bond donors (Lipinski definition) is 1. The third kappa shape index (κ3) is 4.96. The minimum atomic E-state index is 0.120. The average molecular weight is 316 g/mol. The molecule has 0 bridgehead atoms. The molecule has 2 amide bonds. The Balaban J connectivity index is 1.37. The van der Waals surface area contributed by atoms with E-state index < -0.39 is 0 Å². The molecule has 2 fully saturated rings. The van der Waals surface area contributed by atoms with Crippen LogP contribution in [0.1, 0.15) is 31.2 Å². The van der Waals surface area contributed by atoms with Gasteiger partial charge in [-0.1, -0.05) is 30.3 Å². The fraction of sp³-hybridized carbons (Fsp3) is 0.632. The van der Waals surface area contributed by atoms with Gasteiger partial charge in [0.2, 0.25) is 0 Å². The van der Waals surface area contributed by atoms with Gasteiger partial charge in [-0.15, -0.1) is 0 Å². The second kappa shape index (κ2) is 8.34. The lowest BCUT2D eigenvalue weighted by atomic mass is 9.90. The second-order valence-corrected chi connectivity index (χ2v) is 6.86. The molecule has 3 rings (SSSR count). The zero-order valence-corrected chi connectivity index (χ0v) is 13.9. The number of rotatable bonds is 4. The predicted molar refractivity (Wildman–Crippen MR) is 91.4 cm³/mol. The number of ether oxygens (including phenoxy) is 1. The highest BCUT2D eigenvalue weighted by atomic mass is 16.5. The van der Waals surface area contributed by atoms with Crippen LogP contribution in [-0.4, -0.2) is 43.8 Å². The summed E-state index contributed by atoms with van der Waals surface area (Å²) in [4.78, 5) is 14.3. The van der Waals surface area contributed by atoms with E-state index in [1.807, 2.05) is 4.90 Å². The summed E-state index contributed by atoms with van der Waals surface area (Å²) in [7, 11) is 0. The summed E-state index contributed by atoms with van der Waals surface area (Å²) in [5.41, 5.74) is 1.41. The van der Waals surface area contributed by atoms with Gasteiger partial charge >= 0.3 is 6.03 Å². The zero-order chi connectivity index (χ0) is 15.9. The summed E-state index contributed by atoms with van der Waals surface area (Å²) in [5.74, 6) is 1.29. The maximum absolute atomic E-state index is 12.3. The topological polar surface area (TPSA) is 41.6 Å². The molecule has 0 aromatic heterocycles. The quantitative estimate of drug-likeness (QED) is 0.927. The number of piperidine rings is 1. The van der Waals surface area contributed by atoms with Crippen LogP contribution in [0, 0.1) is 11.8 Å². The normalized spacial score (nSPS) is 20.4. The molecule has 0 aliphatic carbocycles. The number of benzene rings is 1. The van der Waals surface area contributed by atoms with Gasteiger partial charge in [-0.3, -0.25) is 0 Å². The van der Waals surface area contributed by atoms with Crippen LogP contribution in [0.3, 0.4) is 0 Å². The van der Waals surface area contributed by atoms with Gasteiger partial charge in [0, 0.05) is 32.8 Å². The lowest BCUT2D eigenvalue weighted by Crippen LogP contribution is -2.46. The van der Waals surface area contributed by atoms with Crippen molar-refractivity contribution in [1.29, 1.82) is 0 Å². The molecular weight excluding hydrogens is 288 g/mol. The number of amides is 2. The molecule has 0 unspecified atom stereocenters. The summed E-state index contributed by atoms with van der Waals surface area (Å²) in [5, 5.41) is 3.12. The lowest BCUT2D eigenvalue weighted by Gasteiger charge is -2.33. The summed E-state index contributed by atoms with van der Waals surface area (Å²) >= 11 is 0. The van der Waals surface area contributed by atoms with Crippen LogP contribution in [0.15, 0.2) is 30.3 Å². The van der Waals surface area contributed by atoms with Crippen molar-refractivity contribution in [1.82, 2.24) is 10.2 Å². The third-order valence-corrected chi connectivity index (χ3v) is 5.15. The fourth-order valence-corrected chi connectivity index (χ4v) is 3.58. The highest BCUT2D eigenvalue weighted by Gasteiger charge is 2.23. The number of nitrogens with zero attached hydrogens (tertiary/aromatic N) is 1. The second-order valence-electron chi connectivity index (χ2n) is 6.86. The Morgan fingerprint density at radius 1 is 1.04 bits per heavy atom. The van der Waals surface area contributed by atoms with E-state index in [2.05, 4.69) is 35.6 Å². The Labute approximate surface area is 139 Å². The first-order valence-corrected chi connectivity index (χ1v) is 8.95. The molecular formula is C19H28N2O2. The molecule has 2 saturated heterocycles. The Hall–Kier alpha value is -1.55. The number of urea groups is 1. The SMILES string of the molecule is O=C(NCC1CCOCC1)N1CCC(Cc2ccccc2)CC1. The molecule has 4 nitrogen and oxygen atoms in total. The number of carbonyl (C=O) groups excluding carboxylic acids is 1. The fourth-order valence-electron chi connectivity index (χ4n) is 3.58. The minimum absolute atomic E-state index is 0.120. The molecule has 0 spiro atoms. The van der Waals surface area contributed by atoms with Crippen molar-refractivity contribution in [2.75, 3.05) is 32.8 Å². The number of nitrogens with one attached hydrogen (secondary N) is 1. The number of carbonyl (C=O) groups is 1. The van der Waals surface area contributed by atoms with Gasteiger partial charge in [0.1, 0.15) is 0 Å². The van der Waals surface area contributed by atoms with Gasteiger partial charge < -0.3 is 15.0 Å². The van der Waals surface area contributed by atoms with Crippen molar-refractivity contribution in [3.05, 3.63) is 35.9 Å². The molecule has 0 atom stereocenters. The summed E-state index contributed by atoms with van der Waals surface area (Å²) in [6.45, 7) is 4.25. The van der Waals surface area contributed by atoms with E-state index in [9.17, 15) is 4.79 Å². The molecule has 4 heteroatoms. The van der Waals surface area contributed by atoms with Crippen LogP contribution in [0.5, 0.6) is 0 Å². The van der Waals surface area contributed by atoms with Crippen molar-refractivity contribution < 1.29 is 9.53 Å². The van der Waals surface area contributed by atoms with E-state index in [0.717, 1.165) is 65.0 Å². The molecule has 1 aromatic carbocycles. The predicted octanol–water partition coefficient (Wildman–Crippen LogP) is 3.08. The molecule has 2 aliphatic rings. The van der Waals surface area contributed by atoms with E-state index in [4.69, 9.17) is 4.74 Å². The van der Waals surface area contributed by atoms with Gasteiger partial charge in [0.05, 0.1) is 0 Å². The maximum atomic E-state index is 12.3. The van der Waals surface area contributed by atoms with Crippen LogP contribution in [0.4, 0.5) is 4.79 Å². The Morgan fingerprint density at radius 3 is 2.43 bits per heavy atom. The standard InChI is InChI=1S/C19H28N2O2/c22-19(20-15-18-8-12-23-13-9-18)21-10-6-17(7-11-21)14-16-4-2-1-3-5-16/h1-5,17-18H,6-15H2,(H,20,22). The highest BCUT2D eigenvalue weighted by molar-refractivity contribution is 5.74. The van der Waals surface area contributed by atoms with Gasteiger partial charge in [0.25, 0.3) is 0 Å². The van der Waals surface area contributed by atoms with Crippen molar-refractivity contribution in [2.45, 2.75) is 32.1 Å². The summed E-state index contributed by atoms with van der Waals surface area (Å²) < 4.78 is 5.36. The van der Waals surface area contributed by atoms with Gasteiger partial charge in [-0.25, -0.2) is 4.79 Å². The van der Waals surface area contributed by atoms with E-state index >= 15 is 0 Å². The molecule has 0 saturated carbocycles. The molecule has 2 aliphatic heterocycles. The first-order chi connectivity index (χ1) is 11.3. The van der Waals surface area contributed by atoms with Crippen LogP contribution >= 0.6 is 0 Å². The maximum Gasteiger partial charge on any atom is 0.317 e. The molecule has 2 heterocycles. The van der Waals surface area contributed by atoms with Gasteiger partial charge in [-0.2, -0.15) is 0 Å². The number of likely N-dealkylation sites (tertiary alicyclic amines) is 1. The molecule has 1 aromatic rings. The van der Waals surface area contributed by atoms with E-state index in [1.165, 1.54) is 5.56 Å². The van der Waals surface area contributed by atoms with Crippen molar-refractivity contribution in [3.63, 3.8) is 0 Å². The van der Waals surface area contributed by atoms with E-state index in [1.54, 1.807) is 0 Å². The van der Waals surface area contributed by atoms with Gasteiger partial charge in [-0.05, 0) is 49.5 Å². The summed E-state index contributed by atoms with van der Waals surface area (Å²) in [6, 6.07) is 10.8. The van der Waals surface area contributed by atoms with Crippen molar-refractivity contribution in [2.24, 2.45) is 11.8 Å². The van der Waals surface area contributed by atoms with Crippen LogP contribution < -0.4 is 5.32 Å². The van der Waals surface area contributed by atoms with Gasteiger partial charge in [0.15, 0.2) is 0 Å². The lowest BCUT2D eigenvalue weighted by molar-refractivity contribution is 0.0661. The molecule has 0 radical (unpaired) electrons. The number of hydrogen-bond acceptors (Lipinski definition) is 2. The first kappa shape index (κ1) is 16.3. The average Bonchev–Trinajstić information content (AvgIpc) is 2.62. The smallest absolute Gasteiger partial charge is 0.317 e. The van der Waals surface area contributed by atoms with Crippen LogP contribution in [-0.2, 0) is 11.2 Å². The van der Waals surface area contributed by atoms with Crippen molar-refractivity contribution >= 4 is 6.03 Å². The zero-order valence-electron chi connectivity index (χ0n) is 13.9. The summed E-state index contributed by atoms with van der Waals surface area (Å²) in [6.07, 6.45) is 5.50. The molecule has 1 N–H and O–H groups in total. The van der Waals surface area contributed by atoms with E-state index in [0.29, 0.717) is 11.8 Å². The monoisotopic (exact) mass is 316 g/mol. The van der Waals surface area contributed by atoms with Crippen LogP contribution in [0.2, 0.25) is 0 Å². The van der Waals surface area contributed by atoms with Crippen molar-refractivity contribution in [3.8, 4) is 0 Å². The highest BCUT2D eigenvalue weighted by Crippen LogP contribution is 2.22. The van der Waals surface area contributed by atoms with Crippen LogP contribution in [0.25, 0.3) is 0 Å². The molecule has 126 valence electrons. The van der Waals surface area contributed by atoms with E-state index in [-0.39, 0.29) is 6.03 Å². The largest absolute Gasteiger partial charge is 0.381 e. The third-order valence-electron chi connectivity index (χ3n) is 5.15. The first-order valence-electron chi connectivity index (χ1n) is 8.95.